The zero-order valence-corrected chi connectivity index (χ0v) is 28.6. The largest absolute Gasteiger partial charge is 0.421 e. The maximum atomic E-state index is 2.58. The van der Waals surface area contributed by atoms with Gasteiger partial charge in [0.15, 0.2) is 0 Å². The fourth-order valence-electron chi connectivity index (χ4n) is 8.20. The highest BCUT2D eigenvalue weighted by molar-refractivity contribution is 8.00. The fraction of sp³-hybridized carbons (Fsp3) is 0. The van der Waals surface area contributed by atoms with E-state index in [0.717, 1.165) is 0 Å². The summed E-state index contributed by atoms with van der Waals surface area (Å²) < 4.78 is 0. The van der Waals surface area contributed by atoms with Crippen molar-refractivity contribution in [3.8, 4) is 0 Å². The molecule has 0 unspecified atom stereocenters. The monoisotopic (exact) mass is 674 g/mol. The first-order valence-corrected chi connectivity index (χ1v) is 18.6. The van der Waals surface area contributed by atoms with Crippen LogP contribution in [0.5, 0.6) is 0 Å². The summed E-state index contributed by atoms with van der Waals surface area (Å²) in [7, 11) is 0. The van der Waals surface area contributed by atoms with Crippen molar-refractivity contribution in [3.63, 3.8) is 0 Å². The van der Waals surface area contributed by atoms with Crippen molar-refractivity contribution in [1.29, 1.82) is 0 Å². The number of para-hydroxylation sites is 4. The van der Waals surface area contributed by atoms with E-state index in [9.17, 15) is 0 Å². The topological polar surface area (TPSA) is 13.0 Å². The lowest BCUT2D eigenvalue weighted by molar-refractivity contribution is 1.32. The van der Waals surface area contributed by atoms with Crippen LogP contribution in [0.15, 0.2) is 189 Å². The van der Waals surface area contributed by atoms with Crippen LogP contribution in [0.4, 0.5) is 45.5 Å². The van der Waals surface area contributed by atoms with E-state index >= 15 is 0 Å². The van der Waals surface area contributed by atoms with E-state index in [0.29, 0.717) is 0 Å². The molecule has 4 aliphatic heterocycles. The molecule has 8 heteroatoms. The summed E-state index contributed by atoms with van der Waals surface area (Å²) in [4.78, 5) is 15.4. The van der Waals surface area contributed by atoms with Gasteiger partial charge in [-0.05, 0) is 83.7 Å². The molecule has 4 heterocycles. The third kappa shape index (κ3) is 4.06. The van der Waals surface area contributed by atoms with Crippen LogP contribution in [0.25, 0.3) is 0 Å². The van der Waals surface area contributed by atoms with Gasteiger partial charge < -0.3 is 19.2 Å². The molecule has 0 saturated carbocycles. The van der Waals surface area contributed by atoms with Gasteiger partial charge in [0.05, 0.1) is 22.7 Å². The number of anilines is 8. The lowest BCUT2D eigenvalue weighted by atomic mass is 9.64. The molecule has 7 aromatic carbocycles. The number of rotatable bonds is 2. The third-order valence-corrected chi connectivity index (χ3v) is 12.6. The lowest BCUT2D eigenvalue weighted by Gasteiger charge is -2.31. The van der Waals surface area contributed by atoms with E-state index in [1.165, 1.54) is 76.0 Å². The van der Waals surface area contributed by atoms with Gasteiger partial charge in [0.1, 0.15) is 0 Å². The predicted molar refractivity (Wildman–Crippen MR) is 213 cm³/mol. The van der Waals surface area contributed by atoms with Gasteiger partial charge in [-0.2, -0.15) is 0 Å². The Morgan fingerprint density at radius 2 is 0.640 bits per heavy atom. The van der Waals surface area contributed by atoms with E-state index < -0.39 is 0 Å². The molecule has 0 aromatic heterocycles. The molecule has 4 aliphatic rings. The number of hydrogen-bond donors (Lipinski definition) is 0. The van der Waals surface area contributed by atoms with Gasteiger partial charge >= 0.3 is 14.0 Å². The standard InChI is InChI=1S/C42H28B2N4S2/c1-3-15-29(16-4-1)45-35-27-38-36(28-37(35)47-33-21-9-13-25-41(33)49-39-23-11-7-19-31(39)43(45)47)46(30-17-5-2-6-18-30)44-32-20-8-12-24-40(32)50-42-26-14-10-22-34(42)48(38)44/h1-28H. The summed E-state index contributed by atoms with van der Waals surface area (Å²) in [5.41, 5.74) is 12.2. The van der Waals surface area contributed by atoms with Crippen molar-refractivity contribution in [2.45, 2.75) is 19.6 Å². The van der Waals surface area contributed by atoms with Crippen LogP contribution >= 0.6 is 23.5 Å². The predicted octanol–water partition coefficient (Wildman–Crippen LogP) is 9.99. The Bertz CT molecular complexity index is 2290. The van der Waals surface area contributed by atoms with Gasteiger partial charge in [-0.25, -0.2) is 0 Å². The van der Waals surface area contributed by atoms with Crippen molar-refractivity contribution >= 4 is 93.9 Å². The van der Waals surface area contributed by atoms with Gasteiger partial charge in [0.25, 0.3) is 0 Å². The molecular formula is C42H28B2N4S2. The van der Waals surface area contributed by atoms with Crippen molar-refractivity contribution in [1.82, 2.24) is 0 Å². The fourth-order valence-corrected chi connectivity index (χ4v) is 10.4. The molecule has 0 fully saturated rings. The molecule has 0 aliphatic carbocycles. The molecule has 0 bridgehead atoms. The van der Waals surface area contributed by atoms with Crippen molar-refractivity contribution in [3.05, 3.63) is 170 Å². The summed E-state index contributed by atoms with van der Waals surface area (Å²) in [5.74, 6) is 0. The summed E-state index contributed by atoms with van der Waals surface area (Å²) in [6, 6.07) is 62.4. The van der Waals surface area contributed by atoms with E-state index in [-0.39, 0.29) is 14.0 Å². The molecule has 7 aromatic rings. The average Bonchev–Trinajstić information content (AvgIpc) is 3.56. The van der Waals surface area contributed by atoms with Gasteiger partial charge in [0, 0.05) is 42.3 Å². The Labute approximate surface area is 301 Å². The molecule has 0 atom stereocenters. The van der Waals surface area contributed by atoms with E-state index in [1.54, 1.807) is 0 Å². The maximum absolute atomic E-state index is 2.58. The number of hydrogen-bond acceptors (Lipinski definition) is 6. The highest BCUT2D eigenvalue weighted by atomic mass is 32.2. The minimum atomic E-state index is -0.0593. The Morgan fingerprint density at radius 1 is 0.300 bits per heavy atom. The molecule has 0 N–H and O–H groups in total. The van der Waals surface area contributed by atoms with Crippen molar-refractivity contribution in [2.75, 3.05) is 19.2 Å². The zero-order chi connectivity index (χ0) is 32.8. The number of benzene rings is 7. The minimum absolute atomic E-state index is 0.0593. The van der Waals surface area contributed by atoms with E-state index in [4.69, 9.17) is 0 Å². The molecule has 0 amide bonds. The second-order valence-electron chi connectivity index (χ2n) is 12.9. The first kappa shape index (κ1) is 28.4. The Balaban J connectivity index is 1.24. The molecule has 234 valence electrons. The van der Waals surface area contributed by atoms with Crippen LogP contribution in [0.2, 0.25) is 0 Å². The maximum Gasteiger partial charge on any atom is 0.421 e. The van der Waals surface area contributed by atoms with Crippen LogP contribution in [-0.2, 0) is 0 Å². The van der Waals surface area contributed by atoms with E-state index in [1.807, 2.05) is 23.5 Å². The molecule has 0 spiro atoms. The molecular weight excluding hydrogens is 646 g/mol. The average molecular weight is 674 g/mol. The Morgan fingerprint density at radius 3 is 1.08 bits per heavy atom. The summed E-state index contributed by atoms with van der Waals surface area (Å²) in [6.07, 6.45) is 0. The normalized spacial score (nSPS) is 14.8. The van der Waals surface area contributed by atoms with Crippen molar-refractivity contribution < 1.29 is 0 Å². The van der Waals surface area contributed by atoms with Crippen LogP contribution in [0.1, 0.15) is 0 Å². The van der Waals surface area contributed by atoms with Gasteiger partial charge in [-0.15, -0.1) is 0 Å². The summed E-state index contributed by atoms with van der Waals surface area (Å²) in [5, 5.41) is 0. The van der Waals surface area contributed by atoms with Crippen LogP contribution in [0.3, 0.4) is 0 Å². The van der Waals surface area contributed by atoms with Gasteiger partial charge in [-0.3, -0.25) is 0 Å². The zero-order valence-electron chi connectivity index (χ0n) is 26.9. The molecule has 0 saturated heterocycles. The van der Waals surface area contributed by atoms with Crippen LogP contribution < -0.4 is 30.2 Å². The SMILES string of the molecule is c1ccc(N2B3c4ccccc4Sc4ccccc4N3c3cc4c(cc32)N2B(c3ccccc3Sc3ccccc32)N4c2ccccc2)cc1. The minimum Gasteiger partial charge on any atom is -0.360 e. The lowest BCUT2D eigenvalue weighted by Crippen LogP contribution is -2.53. The molecule has 4 nitrogen and oxygen atoms in total. The third-order valence-electron chi connectivity index (χ3n) is 10.2. The summed E-state index contributed by atoms with van der Waals surface area (Å²) in [6.45, 7) is -0.119. The molecule has 50 heavy (non-hydrogen) atoms. The Kier molecular flexibility index (Phi) is 6.27. The number of nitrogens with zero attached hydrogens (tertiary/aromatic N) is 4. The second-order valence-corrected chi connectivity index (χ2v) is 15.1. The first-order chi connectivity index (χ1) is 24.8. The molecule has 0 radical (unpaired) electrons. The van der Waals surface area contributed by atoms with E-state index in [2.05, 4.69) is 189 Å². The molecule has 11 rings (SSSR count). The highest BCUT2D eigenvalue weighted by Gasteiger charge is 2.51. The Hall–Kier alpha value is -5.43. The number of fused-ring (bicyclic) bond motifs is 14. The van der Waals surface area contributed by atoms with Crippen LogP contribution in [-0.4, -0.2) is 14.0 Å². The van der Waals surface area contributed by atoms with Gasteiger partial charge in [-0.1, -0.05) is 121 Å². The first-order valence-electron chi connectivity index (χ1n) is 17.0. The van der Waals surface area contributed by atoms with Crippen molar-refractivity contribution in [2.24, 2.45) is 0 Å². The van der Waals surface area contributed by atoms with Gasteiger partial charge in [0.2, 0.25) is 0 Å². The second kappa shape index (κ2) is 11.0. The van der Waals surface area contributed by atoms with Crippen LogP contribution in [0, 0.1) is 0 Å². The summed E-state index contributed by atoms with van der Waals surface area (Å²) >= 11 is 3.74. The quantitative estimate of drug-likeness (QED) is 0.168. The smallest absolute Gasteiger partial charge is 0.360 e. The highest BCUT2D eigenvalue weighted by Crippen LogP contribution is 2.58.